The molecule has 0 amide bonds. The van der Waals surface area contributed by atoms with Gasteiger partial charge in [-0.25, -0.2) is 0 Å². The van der Waals surface area contributed by atoms with Crippen molar-refractivity contribution in [1.82, 2.24) is 0 Å². The first-order chi connectivity index (χ1) is 35.5. The number of Topliss-reactive ketones (excluding diaryl/α,β-unsaturated/α-hetero) is 1. The van der Waals surface area contributed by atoms with Crippen LogP contribution in [0.4, 0.5) is 111 Å². The summed E-state index contributed by atoms with van der Waals surface area (Å²) in [5, 5.41) is 3.57. The van der Waals surface area contributed by atoms with E-state index >= 15 is 0 Å². The van der Waals surface area contributed by atoms with Gasteiger partial charge in [0.25, 0.3) is 0 Å². The number of azide groups is 1. The van der Waals surface area contributed by atoms with Crippen molar-refractivity contribution in [3.05, 3.63) is 188 Å². The number of alkyl halides is 24. The number of halogens is 24. The number of rotatable bonds is 10. The molecule has 0 aromatic heterocycles. The van der Waals surface area contributed by atoms with Gasteiger partial charge >= 0.3 is 49.4 Å². The van der Waals surface area contributed by atoms with Crippen molar-refractivity contribution in [2.45, 2.75) is 54.3 Å². The van der Waals surface area contributed by atoms with Gasteiger partial charge in [-0.1, -0.05) is 96.1 Å². The summed E-state index contributed by atoms with van der Waals surface area (Å²) in [5.74, 6) is 0.287. The Kier molecular flexibility index (Phi) is 17.5. The Hall–Kier alpha value is -7.01. The highest BCUT2D eigenvalue weighted by molar-refractivity contribution is 7.93. The number of benzene rings is 6. The number of nitrogens with zero attached hydrogens (tertiary/aromatic N) is 3. The first-order valence-corrected chi connectivity index (χ1v) is 22.2. The quantitative estimate of drug-likeness (QED) is 0.0261. The van der Waals surface area contributed by atoms with E-state index in [1.807, 2.05) is 24.3 Å². The predicted molar refractivity (Wildman–Crippen MR) is 234 cm³/mol. The fraction of sp³-hybridized carbons (Fsp3) is 0.213. The van der Waals surface area contributed by atoms with Crippen LogP contribution >= 0.6 is 0 Å². The molecule has 1 unspecified atom stereocenters. The lowest BCUT2D eigenvalue weighted by Gasteiger charge is -2.46. The highest BCUT2D eigenvalue weighted by Gasteiger charge is 2.47. The van der Waals surface area contributed by atoms with Crippen LogP contribution in [0.5, 0.6) is 0 Å². The molecule has 78 heavy (non-hydrogen) atoms. The minimum atomic E-state index is -6.13. The summed E-state index contributed by atoms with van der Waals surface area (Å²) < 4.78 is 346. The van der Waals surface area contributed by atoms with Gasteiger partial charge in [-0.15, -0.1) is 0 Å². The molecule has 0 bridgehead atoms. The molecule has 418 valence electrons. The van der Waals surface area contributed by atoms with Gasteiger partial charge in [-0.2, -0.15) is 131 Å². The van der Waals surface area contributed by atoms with Crippen LogP contribution in [0, 0.1) is 0 Å². The van der Waals surface area contributed by atoms with Crippen LogP contribution in [0.1, 0.15) is 54.9 Å². The Morgan fingerprint density at radius 3 is 0.962 bits per heavy atom. The minimum absolute atomic E-state index is 0.0231. The summed E-state index contributed by atoms with van der Waals surface area (Å²) in [4.78, 5) is 15.8. The standard InChI is InChI=1S/C32H12BF24.C15H14N3O2S/c34-25(35,36)13-1-14(26(37,38)39)6-21(5-13)33(22-7-15(27(40,41)42)2-16(8-22)28(43,44)45,23-9-17(29(46,47)48)3-18(10-23)30(49,50)51)24-11-19(31(52,53)54)4-20(12-24)32(55,56)57;1-20-21(11-15(19)12-6-3-2-4-7-12)14-9-5-8-13(10-14)17-18-16/h1-12H;2-10H,11H2,1H3/q-1;+1. The predicted octanol–water partition coefficient (Wildman–Crippen LogP) is 15.3. The number of carbonyl (C=O) groups excluding carboxylic acids is 1. The highest BCUT2D eigenvalue weighted by Crippen LogP contribution is 2.41. The number of hydrogen-bond acceptors (Lipinski definition) is 3. The average molecular weight is 1160 g/mol. The SMILES string of the molecule is CO[S+](CC(=O)c1ccccc1)c1cccc(N=[N+]=[N-])c1.FC(F)(F)c1cc([B-](c2cc(C(F)(F)F)cc(C(F)(F)F)c2)(c2cc(C(F)(F)F)cc(C(F)(F)F)c2)c2cc(C(F)(F)F)cc(C(F)(F)F)c2)cc(C(F)(F)F)c1. The summed E-state index contributed by atoms with van der Waals surface area (Å²) >= 11 is -0.672. The first-order valence-electron chi connectivity index (χ1n) is 20.8. The van der Waals surface area contributed by atoms with E-state index in [-0.39, 0.29) is 11.5 Å². The molecule has 0 radical (unpaired) electrons. The van der Waals surface area contributed by atoms with Gasteiger partial charge in [0.2, 0.25) is 11.5 Å². The van der Waals surface area contributed by atoms with Crippen LogP contribution in [0.2, 0.25) is 0 Å². The second kappa shape index (κ2) is 22.0. The smallest absolute Gasteiger partial charge is 0.289 e. The van der Waals surface area contributed by atoms with E-state index in [1.165, 1.54) is 0 Å². The Morgan fingerprint density at radius 1 is 0.436 bits per heavy atom. The molecule has 0 fully saturated rings. The Morgan fingerprint density at radius 2 is 0.718 bits per heavy atom. The van der Waals surface area contributed by atoms with Crippen LogP contribution in [0.25, 0.3) is 10.4 Å². The maximum atomic E-state index is 14.2. The summed E-state index contributed by atoms with van der Waals surface area (Å²) in [7, 11) is 1.57. The van der Waals surface area contributed by atoms with Gasteiger partial charge in [0.15, 0.2) is 16.1 Å². The van der Waals surface area contributed by atoms with Gasteiger partial charge in [0, 0.05) is 22.2 Å². The van der Waals surface area contributed by atoms with Crippen LogP contribution < -0.4 is 21.9 Å². The fourth-order valence-corrected chi connectivity index (χ4v) is 9.24. The van der Waals surface area contributed by atoms with E-state index in [9.17, 15) is 110 Å². The third-order valence-electron chi connectivity index (χ3n) is 11.2. The van der Waals surface area contributed by atoms with Gasteiger partial charge in [0.05, 0.1) is 51.6 Å². The zero-order chi connectivity index (χ0) is 59.0. The van der Waals surface area contributed by atoms with E-state index in [1.54, 1.807) is 37.4 Å². The molecule has 0 saturated heterocycles. The fourth-order valence-electron chi connectivity index (χ4n) is 7.87. The highest BCUT2D eigenvalue weighted by atomic mass is 32.2. The number of ketones is 1. The zero-order valence-electron chi connectivity index (χ0n) is 38.0. The summed E-state index contributed by atoms with van der Waals surface area (Å²) in [5.41, 5.74) is -20.6. The largest absolute Gasteiger partial charge is 0.416 e. The molecule has 6 rings (SSSR count). The van der Waals surface area contributed by atoms with Crippen molar-refractivity contribution in [3.8, 4) is 0 Å². The lowest BCUT2D eigenvalue weighted by atomic mass is 9.12. The minimum Gasteiger partial charge on any atom is -0.289 e. The molecule has 0 aliphatic heterocycles. The molecule has 1 atom stereocenters. The van der Waals surface area contributed by atoms with Crippen LogP contribution in [-0.4, -0.2) is 24.8 Å². The molecule has 0 aliphatic carbocycles. The summed E-state index contributed by atoms with van der Waals surface area (Å²) in [6, 6.07) is 7.40. The van der Waals surface area contributed by atoms with Crippen molar-refractivity contribution >= 4 is 50.6 Å². The number of hydrogen-bond donors (Lipinski definition) is 0. The summed E-state index contributed by atoms with van der Waals surface area (Å²) in [6.45, 7) is 0. The second-order valence-corrected chi connectivity index (χ2v) is 18.1. The second-order valence-electron chi connectivity index (χ2n) is 16.4. The first kappa shape index (κ1) is 61.8. The molecule has 0 spiro atoms. The monoisotopic (exact) mass is 1160 g/mol. The lowest BCUT2D eigenvalue weighted by molar-refractivity contribution is -0.144. The molecular weight excluding hydrogens is 1140 g/mol. The van der Waals surface area contributed by atoms with Gasteiger partial charge < -0.3 is 0 Å². The third kappa shape index (κ3) is 14.6. The molecule has 6 aromatic rings. The van der Waals surface area contributed by atoms with Gasteiger partial charge in [0.1, 0.15) is 6.15 Å². The normalized spacial score (nSPS) is 13.6. The summed E-state index contributed by atoms with van der Waals surface area (Å²) in [6.07, 6.45) is -54.8. The maximum Gasteiger partial charge on any atom is 0.416 e. The van der Waals surface area contributed by atoms with Crippen LogP contribution in [0.15, 0.2) is 137 Å². The molecule has 5 nitrogen and oxygen atoms in total. The molecule has 0 aliphatic rings. The molecule has 0 N–H and O–H groups in total. The maximum absolute atomic E-state index is 14.2. The van der Waals surface area contributed by atoms with Crippen molar-refractivity contribution < 1.29 is 114 Å². The van der Waals surface area contributed by atoms with Gasteiger partial charge in [-0.05, 0) is 35.9 Å². The van der Waals surface area contributed by atoms with Crippen molar-refractivity contribution in [3.63, 3.8) is 0 Å². The van der Waals surface area contributed by atoms with E-state index in [2.05, 4.69) is 10.0 Å². The Balaban J connectivity index is 0.000000443. The zero-order valence-corrected chi connectivity index (χ0v) is 38.9. The van der Waals surface area contributed by atoms with Gasteiger partial charge in [-0.3, -0.25) is 4.79 Å². The molecule has 6 aromatic carbocycles. The van der Waals surface area contributed by atoms with Crippen LogP contribution in [-0.2, 0) is 64.8 Å². The lowest BCUT2D eigenvalue weighted by Crippen LogP contribution is -2.75. The van der Waals surface area contributed by atoms with E-state index in [0.717, 1.165) is 4.90 Å². The molecule has 0 saturated carbocycles. The van der Waals surface area contributed by atoms with Crippen molar-refractivity contribution in [1.29, 1.82) is 0 Å². The molecule has 0 heterocycles. The van der Waals surface area contributed by atoms with Crippen LogP contribution in [0.3, 0.4) is 0 Å². The van der Waals surface area contributed by atoms with E-state index in [4.69, 9.17) is 9.71 Å². The Labute approximate surface area is 424 Å². The Bertz CT molecular complexity index is 2750. The van der Waals surface area contributed by atoms with E-state index < -0.39 is 206 Å². The van der Waals surface area contributed by atoms with Crippen molar-refractivity contribution in [2.24, 2.45) is 5.11 Å². The molecule has 31 heteroatoms. The van der Waals surface area contributed by atoms with Crippen molar-refractivity contribution in [2.75, 3.05) is 12.9 Å². The topological polar surface area (TPSA) is 75.1 Å². The number of carbonyl (C=O) groups is 1. The third-order valence-corrected chi connectivity index (χ3v) is 12.9. The average Bonchev–Trinajstić information content (AvgIpc) is 3.38. The molecular formula is C47H26BF24N3O2S. The van der Waals surface area contributed by atoms with E-state index in [0.29, 0.717) is 11.3 Å².